The third kappa shape index (κ3) is 5.15. The van der Waals surface area contributed by atoms with E-state index in [1.54, 1.807) is 12.1 Å². The van der Waals surface area contributed by atoms with E-state index < -0.39 is 15.4 Å². The van der Waals surface area contributed by atoms with Crippen molar-refractivity contribution < 1.29 is 17.9 Å². The molecule has 1 aliphatic carbocycles. The molecule has 2 aromatic carbocycles. The topological polar surface area (TPSA) is 75.7 Å². The van der Waals surface area contributed by atoms with Crippen LogP contribution in [0.2, 0.25) is 0 Å². The number of rotatable bonds is 7. The highest BCUT2D eigenvalue weighted by molar-refractivity contribution is 7.91. The van der Waals surface area contributed by atoms with Crippen LogP contribution in [0.3, 0.4) is 0 Å². The molecular formula is C27H34N2O4S. The summed E-state index contributed by atoms with van der Waals surface area (Å²) >= 11 is 0. The van der Waals surface area contributed by atoms with E-state index in [0.29, 0.717) is 16.7 Å². The molecule has 182 valence electrons. The van der Waals surface area contributed by atoms with Crippen LogP contribution in [0, 0.1) is 11.8 Å². The van der Waals surface area contributed by atoms with Gasteiger partial charge in [-0.25, -0.2) is 13.2 Å². The zero-order valence-electron chi connectivity index (χ0n) is 20.0. The Balaban J connectivity index is 1.21. The Morgan fingerprint density at radius 1 is 0.971 bits per heavy atom. The summed E-state index contributed by atoms with van der Waals surface area (Å²) in [7, 11) is -3.20. The molecule has 0 spiro atoms. The van der Waals surface area contributed by atoms with Crippen LogP contribution in [0.25, 0.3) is 11.1 Å². The molecule has 4 fully saturated rings. The standard InChI is InChI=1S/C27H34N2O4S/c1-27(2,28-26(30)33-25-17-29-15-13-22(25)14-16-29)23-9-5-20(6-10-23)21-7-11-24(12-8-21)34(31,32)18-19-3-4-19/h5-12,19,22,25H,3-4,13-18H2,1-2H3,(H,28,30). The third-order valence-electron chi connectivity index (χ3n) is 7.57. The summed E-state index contributed by atoms with van der Waals surface area (Å²) < 4.78 is 30.8. The summed E-state index contributed by atoms with van der Waals surface area (Å²) in [5, 5.41) is 3.04. The van der Waals surface area contributed by atoms with Gasteiger partial charge in [-0.05, 0) is 93.3 Å². The first-order valence-corrected chi connectivity index (χ1v) is 14.0. The van der Waals surface area contributed by atoms with Gasteiger partial charge in [0.25, 0.3) is 0 Å². The molecule has 0 aromatic heterocycles. The molecular weight excluding hydrogens is 448 g/mol. The van der Waals surface area contributed by atoms with Crippen LogP contribution in [0.4, 0.5) is 4.79 Å². The van der Waals surface area contributed by atoms with Gasteiger partial charge < -0.3 is 10.1 Å². The lowest BCUT2D eigenvalue weighted by atomic mass is 9.86. The maximum atomic E-state index is 12.6. The smallest absolute Gasteiger partial charge is 0.408 e. The van der Waals surface area contributed by atoms with E-state index in [-0.39, 0.29) is 18.0 Å². The molecule has 2 aromatic rings. The highest BCUT2D eigenvalue weighted by Crippen LogP contribution is 2.33. The molecule has 3 aliphatic heterocycles. The minimum Gasteiger partial charge on any atom is -0.445 e. The van der Waals surface area contributed by atoms with Crippen LogP contribution >= 0.6 is 0 Å². The van der Waals surface area contributed by atoms with Gasteiger partial charge in [-0.1, -0.05) is 36.4 Å². The number of carbonyl (C=O) groups excluding carboxylic acids is 1. The predicted octanol–water partition coefficient (Wildman–Crippen LogP) is 4.59. The van der Waals surface area contributed by atoms with Crippen molar-refractivity contribution in [2.75, 3.05) is 25.4 Å². The largest absolute Gasteiger partial charge is 0.445 e. The molecule has 1 atom stereocenters. The number of benzene rings is 2. The third-order valence-corrected chi connectivity index (χ3v) is 9.48. The Kier molecular flexibility index (Phi) is 6.19. The fourth-order valence-electron chi connectivity index (χ4n) is 5.16. The highest BCUT2D eigenvalue weighted by atomic mass is 32.2. The number of nitrogens with one attached hydrogen (secondary N) is 1. The predicted molar refractivity (Wildman–Crippen MR) is 132 cm³/mol. The molecule has 3 saturated heterocycles. The number of amides is 1. The highest BCUT2D eigenvalue weighted by Gasteiger charge is 2.37. The number of fused-ring (bicyclic) bond motifs is 3. The van der Waals surface area contributed by atoms with Crippen molar-refractivity contribution in [2.45, 2.75) is 56.1 Å². The number of nitrogens with zero attached hydrogens (tertiary/aromatic N) is 1. The molecule has 0 radical (unpaired) electrons. The van der Waals surface area contributed by atoms with Crippen LogP contribution in [0.15, 0.2) is 53.4 Å². The van der Waals surface area contributed by atoms with E-state index in [1.165, 1.54) is 0 Å². The number of piperidine rings is 3. The Morgan fingerprint density at radius 2 is 1.56 bits per heavy atom. The van der Waals surface area contributed by atoms with Crippen LogP contribution in [-0.4, -0.2) is 50.9 Å². The van der Waals surface area contributed by atoms with Crippen molar-refractivity contribution in [2.24, 2.45) is 11.8 Å². The Morgan fingerprint density at radius 3 is 2.09 bits per heavy atom. The number of carbonyl (C=O) groups is 1. The van der Waals surface area contributed by atoms with Crippen molar-refractivity contribution >= 4 is 15.9 Å². The van der Waals surface area contributed by atoms with Crippen molar-refractivity contribution in [3.63, 3.8) is 0 Å². The molecule has 1 amide bonds. The number of hydrogen-bond acceptors (Lipinski definition) is 5. The molecule has 7 heteroatoms. The molecule has 6 rings (SSSR count). The Labute approximate surface area is 202 Å². The fraction of sp³-hybridized carbons (Fsp3) is 0.519. The van der Waals surface area contributed by atoms with E-state index in [2.05, 4.69) is 10.2 Å². The van der Waals surface area contributed by atoms with Gasteiger partial charge in [-0.2, -0.15) is 0 Å². The number of sulfone groups is 1. The maximum Gasteiger partial charge on any atom is 0.408 e. The van der Waals surface area contributed by atoms with Crippen molar-refractivity contribution in [3.8, 4) is 11.1 Å². The molecule has 2 bridgehead atoms. The number of hydrogen-bond donors (Lipinski definition) is 1. The van der Waals surface area contributed by atoms with Crippen LogP contribution < -0.4 is 5.32 Å². The van der Waals surface area contributed by atoms with Crippen LogP contribution in [0.1, 0.15) is 45.1 Å². The summed E-state index contributed by atoms with van der Waals surface area (Å²) in [6.45, 7) is 7.01. The second-order valence-corrected chi connectivity index (χ2v) is 12.7. The van der Waals surface area contributed by atoms with Crippen molar-refractivity contribution in [3.05, 3.63) is 54.1 Å². The second kappa shape index (κ2) is 9.00. The van der Waals surface area contributed by atoms with E-state index in [0.717, 1.165) is 62.0 Å². The first-order chi connectivity index (χ1) is 16.2. The maximum absolute atomic E-state index is 12.6. The quantitative estimate of drug-likeness (QED) is 0.625. The summed E-state index contributed by atoms with van der Waals surface area (Å²) in [5.74, 6) is 1.07. The van der Waals surface area contributed by atoms with E-state index >= 15 is 0 Å². The molecule has 3 heterocycles. The van der Waals surface area contributed by atoms with Gasteiger partial charge in [0.15, 0.2) is 9.84 Å². The average molecular weight is 483 g/mol. The average Bonchev–Trinajstić information content (AvgIpc) is 3.63. The molecule has 4 aliphatic rings. The van der Waals surface area contributed by atoms with E-state index in [9.17, 15) is 13.2 Å². The van der Waals surface area contributed by atoms with Crippen LogP contribution in [0.5, 0.6) is 0 Å². The lowest BCUT2D eigenvalue weighted by Gasteiger charge is -2.44. The number of ether oxygens (including phenoxy) is 1. The molecule has 1 N–H and O–H groups in total. The van der Waals surface area contributed by atoms with Crippen molar-refractivity contribution in [1.29, 1.82) is 0 Å². The molecule has 6 nitrogen and oxygen atoms in total. The normalized spacial score (nSPS) is 24.6. The monoisotopic (exact) mass is 482 g/mol. The Bertz CT molecular complexity index is 1130. The van der Waals surface area contributed by atoms with Gasteiger partial charge in [0.05, 0.1) is 16.2 Å². The van der Waals surface area contributed by atoms with Crippen LogP contribution in [-0.2, 0) is 20.1 Å². The van der Waals surface area contributed by atoms with Gasteiger partial charge in [0, 0.05) is 6.54 Å². The zero-order chi connectivity index (χ0) is 23.9. The van der Waals surface area contributed by atoms with Gasteiger partial charge in [0.1, 0.15) is 6.10 Å². The van der Waals surface area contributed by atoms with E-state index in [4.69, 9.17) is 4.74 Å². The molecule has 34 heavy (non-hydrogen) atoms. The van der Waals surface area contributed by atoms with Crippen molar-refractivity contribution in [1.82, 2.24) is 10.2 Å². The second-order valence-electron chi connectivity index (χ2n) is 10.7. The van der Waals surface area contributed by atoms with Gasteiger partial charge in [0.2, 0.25) is 0 Å². The minimum atomic E-state index is -3.20. The first-order valence-electron chi connectivity index (χ1n) is 12.3. The molecule has 1 unspecified atom stereocenters. The lowest BCUT2D eigenvalue weighted by Crippen LogP contribution is -2.53. The zero-order valence-corrected chi connectivity index (χ0v) is 20.8. The first kappa shape index (κ1) is 23.4. The molecule has 1 saturated carbocycles. The Hall–Kier alpha value is -2.38. The fourth-order valence-corrected chi connectivity index (χ4v) is 6.86. The summed E-state index contributed by atoms with van der Waals surface area (Å²) in [6, 6.07) is 15.2. The summed E-state index contributed by atoms with van der Waals surface area (Å²) in [4.78, 5) is 15.4. The lowest BCUT2D eigenvalue weighted by molar-refractivity contribution is -0.0349. The number of alkyl carbamates (subject to hydrolysis) is 1. The SMILES string of the molecule is CC(C)(NC(=O)OC1CN2CCC1CC2)c1ccc(-c2ccc(S(=O)(=O)CC3CC3)cc2)cc1. The summed E-state index contributed by atoms with van der Waals surface area (Å²) in [5.41, 5.74) is 2.36. The minimum absolute atomic E-state index is 0.0169. The van der Waals surface area contributed by atoms with Gasteiger partial charge >= 0.3 is 6.09 Å². The van der Waals surface area contributed by atoms with Gasteiger partial charge in [-0.15, -0.1) is 0 Å². The van der Waals surface area contributed by atoms with E-state index in [1.807, 2.05) is 50.2 Å². The summed E-state index contributed by atoms with van der Waals surface area (Å²) in [6.07, 6.45) is 3.87. The van der Waals surface area contributed by atoms with Gasteiger partial charge in [-0.3, -0.25) is 4.90 Å².